The van der Waals surface area contributed by atoms with Gasteiger partial charge in [-0.15, -0.1) is 0 Å². The fourth-order valence-corrected chi connectivity index (χ4v) is 3.31. The van der Waals surface area contributed by atoms with Crippen LogP contribution in [0.1, 0.15) is 40.7 Å². The molecular formula is C23H22F3N3O2. The predicted molar refractivity (Wildman–Crippen MR) is 111 cm³/mol. The van der Waals surface area contributed by atoms with E-state index >= 15 is 0 Å². The molecule has 1 heterocycles. The van der Waals surface area contributed by atoms with Crippen LogP contribution < -0.4 is 5.43 Å². The van der Waals surface area contributed by atoms with Crippen LogP contribution in [0.3, 0.4) is 0 Å². The first kappa shape index (κ1) is 22.3. The standard InChI is InChI=1S/C23H22F3N3O2/c1-3-13-28(15-17-9-5-4-6-10-17)22(31)21-20(30)14-16(2)29(27-21)19-12-8-7-11-18(19)23(24,25)26/h4-12,14H,3,13,15H2,1-2H3. The van der Waals surface area contributed by atoms with E-state index in [0.717, 1.165) is 22.4 Å². The van der Waals surface area contributed by atoms with Crippen LogP contribution in [0.2, 0.25) is 0 Å². The number of hydrogen-bond acceptors (Lipinski definition) is 3. The molecule has 3 aromatic rings. The summed E-state index contributed by atoms with van der Waals surface area (Å²) in [6, 6.07) is 15.3. The first-order chi connectivity index (χ1) is 14.7. The molecule has 162 valence electrons. The van der Waals surface area contributed by atoms with Gasteiger partial charge in [0.2, 0.25) is 5.43 Å². The van der Waals surface area contributed by atoms with Crippen LogP contribution in [0, 0.1) is 6.92 Å². The number of hydrogen-bond donors (Lipinski definition) is 0. The SMILES string of the molecule is CCCN(Cc1ccccc1)C(=O)c1nn(-c2ccccc2C(F)(F)F)c(C)cc1=O. The molecule has 0 N–H and O–H groups in total. The molecule has 0 bridgehead atoms. The Balaban J connectivity index is 2.07. The van der Waals surface area contributed by atoms with Gasteiger partial charge in [0.05, 0.1) is 11.3 Å². The second-order valence-electron chi connectivity index (χ2n) is 7.14. The summed E-state index contributed by atoms with van der Waals surface area (Å²) in [6.45, 7) is 4.01. The summed E-state index contributed by atoms with van der Waals surface area (Å²) in [7, 11) is 0. The minimum Gasteiger partial charge on any atom is -0.333 e. The summed E-state index contributed by atoms with van der Waals surface area (Å²) in [5, 5.41) is 4.07. The summed E-state index contributed by atoms with van der Waals surface area (Å²) < 4.78 is 41.5. The number of carbonyl (C=O) groups is 1. The Hall–Kier alpha value is -3.42. The Kier molecular flexibility index (Phi) is 6.58. The van der Waals surface area contributed by atoms with E-state index in [0.29, 0.717) is 13.0 Å². The van der Waals surface area contributed by atoms with Crippen molar-refractivity contribution in [2.24, 2.45) is 0 Å². The van der Waals surface area contributed by atoms with E-state index in [1.165, 1.54) is 30.0 Å². The number of amides is 1. The number of rotatable bonds is 6. The summed E-state index contributed by atoms with van der Waals surface area (Å²) in [5.74, 6) is -0.617. The molecule has 31 heavy (non-hydrogen) atoms. The van der Waals surface area contributed by atoms with Crippen molar-refractivity contribution in [3.8, 4) is 5.69 Å². The number of benzene rings is 2. The summed E-state index contributed by atoms with van der Waals surface area (Å²) in [6.07, 6.45) is -3.96. The van der Waals surface area contributed by atoms with Gasteiger partial charge < -0.3 is 4.90 Å². The number of halogens is 3. The molecule has 0 radical (unpaired) electrons. The van der Waals surface area contributed by atoms with Gasteiger partial charge in [-0.05, 0) is 31.0 Å². The maximum absolute atomic E-state index is 13.5. The van der Waals surface area contributed by atoms with Gasteiger partial charge in [0.15, 0.2) is 5.69 Å². The molecule has 2 aromatic carbocycles. The van der Waals surface area contributed by atoms with Crippen LogP contribution in [0.5, 0.6) is 0 Å². The molecule has 5 nitrogen and oxygen atoms in total. The third kappa shape index (κ3) is 5.02. The minimum absolute atomic E-state index is 0.198. The Labute approximate surface area is 177 Å². The number of aryl methyl sites for hydroxylation is 1. The van der Waals surface area contributed by atoms with E-state index in [-0.39, 0.29) is 17.9 Å². The first-order valence-electron chi connectivity index (χ1n) is 9.83. The van der Waals surface area contributed by atoms with E-state index < -0.39 is 28.8 Å². The van der Waals surface area contributed by atoms with E-state index in [9.17, 15) is 22.8 Å². The zero-order valence-corrected chi connectivity index (χ0v) is 17.2. The van der Waals surface area contributed by atoms with Gasteiger partial charge in [-0.25, -0.2) is 4.68 Å². The Morgan fingerprint density at radius 1 is 1.06 bits per heavy atom. The molecule has 1 aromatic heterocycles. The molecule has 0 saturated carbocycles. The third-order valence-electron chi connectivity index (χ3n) is 4.74. The number of carbonyl (C=O) groups excluding carboxylic acids is 1. The van der Waals surface area contributed by atoms with Gasteiger partial charge >= 0.3 is 6.18 Å². The molecule has 0 unspecified atom stereocenters. The van der Waals surface area contributed by atoms with Crippen LogP contribution in [0.15, 0.2) is 65.5 Å². The van der Waals surface area contributed by atoms with Crippen LogP contribution in [-0.2, 0) is 12.7 Å². The second-order valence-corrected chi connectivity index (χ2v) is 7.14. The van der Waals surface area contributed by atoms with Gasteiger partial charge in [0, 0.05) is 24.8 Å². The highest BCUT2D eigenvalue weighted by Crippen LogP contribution is 2.33. The number of para-hydroxylation sites is 1. The molecule has 0 aliphatic carbocycles. The largest absolute Gasteiger partial charge is 0.418 e. The summed E-state index contributed by atoms with van der Waals surface area (Å²) in [5.41, 5.74) is -1.11. The van der Waals surface area contributed by atoms with Gasteiger partial charge in [-0.1, -0.05) is 49.4 Å². The molecule has 0 atom stereocenters. The van der Waals surface area contributed by atoms with Crippen molar-refractivity contribution in [3.63, 3.8) is 0 Å². The van der Waals surface area contributed by atoms with E-state index in [2.05, 4.69) is 5.10 Å². The lowest BCUT2D eigenvalue weighted by Gasteiger charge is -2.22. The van der Waals surface area contributed by atoms with Crippen molar-refractivity contribution in [2.75, 3.05) is 6.54 Å². The van der Waals surface area contributed by atoms with Crippen molar-refractivity contribution in [1.29, 1.82) is 0 Å². The van der Waals surface area contributed by atoms with Crippen LogP contribution in [0.25, 0.3) is 5.69 Å². The number of nitrogens with zero attached hydrogens (tertiary/aromatic N) is 3. The highest BCUT2D eigenvalue weighted by Gasteiger charge is 2.34. The molecular weight excluding hydrogens is 407 g/mol. The molecule has 8 heteroatoms. The van der Waals surface area contributed by atoms with Gasteiger partial charge in [0.25, 0.3) is 5.91 Å². The minimum atomic E-state index is -4.61. The fraction of sp³-hybridized carbons (Fsp3) is 0.261. The molecule has 0 fully saturated rings. The van der Waals surface area contributed by atoms with Crippen molar-refractivity contribution in [2.45, 2.75) is 33.0 Å². The highest BCUT2D eigenvalue weighted by atomic mass is 19.4. The number of alkyl halides is 3. The molecule has 1 amide bonds. The second kappa shape index (κ2) is 9.16. The Morgan fingerprint density at radius 3 is 2.35 bits per heavy atom. The topological polar surface area (TPSA) is 55.2 Å². The normalized spacial score (nSPS) is 11.4. The molecule has 0 aliphatic heterocycles. The van der Waals surface area contributed by atoms with Crippen molar-refractivity contribution in [1.82, 2.24) is 14.7 Å². The van der Waals surface area contributed by atoms with E-state index in [1.807, 2.05) is 37.3 Å². The van der Waals surface area contributed by atoms with Gasteiger partial charge in [0.1, 0.15) is 0 Å². The quantitative estimate of drug-likeness (QED) is 0.575. The first-order valence-corrected chi connectivity index (χ1v) is 9.83. The maximum atomic E-state index is 13.5. The van der Waals surface area contributed by atoms with E-state index in [1.54, 1.807) is 0 Å². The van der Waals surface area contributed by atoms with Crippen molar-refractivity contribution in [3.05, 3.63) is 93.4 Å². The van der Waals surface area contributed by atoms with Crippen molar-refractivity contribution >= 4 is 5.91 Å². The Morgan fingerprint density at radius 2 is 1.71 bits per heavy atom. The van der Waals surface area contributed by atoms with Crippen LogP contribution in [0.4, 0.5) is 13.2 Å². The summed E-state index contributed by atoms with van der Waals surface area (Å²) >= 11 is 0. The van der Waals surface area contributed by atoms with Gasteiger partial charge in [-0.3, -0.25) is 9.59 Å². The average Bonchev–Trinajstić information content (AvgIpc) is 2.73. The fourth-order valence-electron chi connectivity index (χ4n) is 3.31. The zero-order chi connectivity index (χ0) is 22.6. The van der Waals surface area contributed by atoms with E-state index in [4.69, 9.17) is 0 Å². The highest BCUT2D eigenvalue weighted by molar-refractivity contribution is 5.92. The molecule has 0 saturated heterocycles. The third-order valence-corrected chi connectivity index (χ3v) is 4.74. The lowest BCUT2D eigenvalue weighted by Crippen LogP contribution is -2.36. The van der Waals surface area contributed by atoms with Crippen LogP contribution in [-0.4, -0.2) is 27.1 Å². The van der Waals surface area contributed by atoms with Gasteiger partial charge in [-0.2, -0.15) is 18.3 Å². The van der Waals surface area contributed by atoms with Crippen LogP contribution >= 0.6 is 0 Å². The molecule has 0 spiro atoms. The monoisotopic (exact) mass is 429 g/mol. The average molecular weight is 429 g/mol. The maximum Gasteiger partial charge on any atom is 0.418 e. The molecule has 0 aliphatic rings. The predicted octanol–water partition coefficient (Wildman–Crippen LogP) is 4.61. The molecule has 3 rings (SSSR count). The smallest absolute Gasteiger partial charge is 0.333 e. The number of aromatic nitrogens is 2. The Bertz CT molecular complexity index is 1120. The lowest BCUT2D eigenvalue weighted by molar-refractivity contribution is -0.137. The summed E-state index contributed by atoms with van der Waals surface area (Å²) in [4.78, 5) is 27.2. The van der Waals surface area contributed by atoms with Crippen molar-refractivity contribution < 1.29 is 18.0 Å². The lowest BCUT2D eigenvalue weighted by atomic mass is 10.1. The zero-order valence-electron chi connectivity index (χ0n) is 17.2.